The minimum absolute atomic E-state index is 0.0923. The Kier molecular flexibility index (Phi) is 4.03. The van der Waals surface area contributed by atoms with Crippen LogP contribution >= 0.6 is 0 Å². The Bertz CT molecular complexity index is 745. The van der Waals surface area contributed by atoms with E-state index in [-0.39, 0.29) is 23.0 Å². The van der Waals surface area contributed by atoms with Crippen LogP contribution < -0.4 is 0 Å². The topological polar surface area (TPSA) is 74.6 Å². The van der Waals surface area contributed by atoms with Crippen molar-refractivity contribution in [3.05, 3.63) is 35.5 Å². The molecule has 0 radical (unpaired) electrons. The molecule has 0 aromatic rings. The van der Waals surface area contributed by atoms with Crippen LogP contribution in [0.1, 0.15) is 52.4 Å². The summed E-state index contributed by atoms with van der Waals surface area (Å²) in [7, 11) is 0. The zero-order valence-corrected chi connectivity index (χ0v) is 15.6. The van der Waals surface area contributed by atoms with E-state index in [2.05, 4.69) is 32.1 Å². The van der Waals surface area contributed by atoms with E-state index in [9.17, 15) is 14.7 Å². The number of aliphatic hydroxyl groups excluding tert-OH is 1. The van der Waals surface area contributed by atoms with Crippen molar-refractivity contribution in [3.63, 3.8) is 0 Å². The van der Waals surface area contributed by atoms with Gasteiger partial charge in [0.25, 0.3) is 0 Å². The lowest BCUT2D eigenvalue weighted by atomic mass is 9.53. The molecule has 0 aromatic heterocycles. The van der Waals surface area contributed by atoms with E-state index in [0.717, 1.165) is 31.3 Å². The lowest BCUT2D eigenvalue weighted by molar-refractivity contribution is -0.137. The van der Waals surface area contributed by atoms with Gasteiger partial charge in [-0.15, -0.1) is 0 Å². The maximum atomic E-state index is 12.2. The Balaban J connectivity index is 1.67. The summed E-state index contributed by atoms with van der Waals surface area (Å²) in [5.41, 5.74) is 2.25. The zero-order valence-electron chi connectivity index (χ0n) is 15.6. The molecule has 4 aliphatic rings. The molecular formula is C22H28O4. The van der Waals surface area contributed by atoms with Gasteiger partial charge in [0.15, 0.2) is 5.78 Å². The Labute approximate surface area is 154 Å². The summed E-state index contributed by atoms with van der Waals surface area (Å²) in [5.74, 6) is 0.495. The van der Waals surface area contributed by atoms with Crippen LogP contribution in [0.25, 0.3) is 0 Å². The van der Waals surface area contributed by atoms with Gasteiger partial charge in [-0.25, -0.2) is 0 Å². The van der Waals surface area contributed by atoms with Crippen molar-refractivity contribution in [1.82, 2.24) is 0 Å². The molecule has 4 nitrogen and oxygen atoms in total. The maximum Gasteiger partial charge on any atom is 0.303 e. The molecule has 140 valence electrons. The molecule has 0 bridgehead atoms. The van der Waals surface area contributed by atoms with Gasteiger partial charge in [0, 0.05) is 24.2 Å². The van der Waals surface area contributed by atoms with Crippen LogP contribution in [-0.2, 0) is 9.59 Å². The number of fused-ring (bicyclic) bond motifs is 5. The molecule has 6 atom stereocenters. The van der Waals surface area contributed by atoms with Gasteiger partial charge in [-0.05, 0) is 54.6 Å². The summed E-state index contributed by atoms with van der Waals surface area (Å²) >= 11 is 0. The summed E-state index contributed by atoms with van der Waals surface area (Å²) in [6.45, 7) is 4.48. The first-order valence-electron chi connectivity index (χ1n) is 9.79. The van der Waals surface area contributed by atoms with Gasteiger partial charge in [-0.3, -0.25) is 9.59 Å². The monoisotopic (exact) mass is 356 g/mol. The number of carbonyl (C=O) groups excluding carboxylic acids is 1. The van der Waals surface area contributed by atoms with Crippen LogP contribution in [0.15, 0.2) is 35.5 Å². The van der Waals surface area contributed by atoms with Crippen LogP contribution in [-0.4, -0.2) is 28.1 Å². The van der Waals surface area contributed by atoms with Crippen LogP contribution in [0.4, 0.5) is 0 Å². The van der Waals surface area contributed by atoms with Gasteiger partial charge in [-0.2, -0.15) is 0 Å². The van der Waals surface area contributed by atoms with Crippen molar-refractivity contribution in [3.8, 4) is 0 Å². The van der Waals surface area contributed by atoms with Gasteiger partial charge < -0.3 is 10.2 Å². The van der Waals surface area contributed by atoms with Gasteiger partial charge in [0.1, 0.15) is 6.10 Å². The molecule has 4 heteroatoms. The molecule has 0 aromatic carbocycles. The number of carboxylic acid groups (broad SMARTS) is 1. The Morgan fingerprint density at radius 2 is 2.08 bits per heavy atom. The first-order chi connectivity index (χ1) is 12.3. The number of hydrogen-bond donors (Lipinski definition) is 2. The minimum atomic E-state index is -0.972. The van der Waals surface area contributed by atoms with Crippen molar-refractivity contribution in [2.45, 2.75) is 58.5 Å². The number of aliphatic hydroxyl groups is 1. The molecule has 26 heavy (non-hydrogen) atoms. The second-order valence-corrected chi connectivity index (χ2v) is 9.11. The second-order valence-electron chi connectivity index (χ2n) is 9.11. The largest absolute Gasteiger partial charge is 0.481 e. The number of carbonyl (C=O) groups is 2. The summed E-state index contributed by atoms with van der Waals surface area (Å²) in [5, 5.41) is 19.0. The van der Waals surface area contributed by atoms with Crippen molar-refractivity contribution < 1.29 is 19.8 Å². The molecule has 1 fully saturated rings. The molecule has 0 heterocycles. The highest BCUT2D eigenvalue weighted by Crippen LogP contribution is 2.63. The highest BCUT2D eigenvalue weighted by molar-refractivity contribution is 5.88. The molecule has 1 saturated carbocycles. The average molecular weight is 356 g/mol. The smallest absolute Gasteiger partial charge is 0.303 e. The van der Waals surface area contributed by atoms with Crippen molar-refractivity contribution >= 4 is 11.8 Å². The van der Waals surface area contributed by atoms with Crippen LogP contribution in [0.3, 0.4) is 0 Å². The first kappa shape index (κ1) is 17.7. The third-order valence-corrected chi connectivity index (χ3v) is 7.82. The number of carboxylic acids is 1. The molecule has 0 spiro atoms. The van der Waals surface area contributed by atoms with Crippen molar-refractivity contribution in [1.29, 1.82) is 0 Å². The lowest BCUT2D eigenvalue weighted by Crippen LogP contribution is -2.44. The normalized spacial score (nSPS) is 43.9. The standard InChI is InChI=1S/C22H28O4/c1-21-10-9-17-15(16(21)7-4-13(21)5-8-20(25)26)6-3-14-11-18(23)19(24)12-22(14,17)2/h3,6,9,11,13,15-16,18,23H,4-5,7-8,10,12H2,1-2H3,(H,25,26)/t13-,15+,16+,18?,21-,22+/m1/s1. The number of aliphatic carboxylic acids is 1. The highest BCUT2D eigenvalue weighted by Gasteiger charge is 2.55. The van der Waals surface area contributed by atoms with Crippen molar-refractivity contribution in [2.75, 3.05) is 0 Å². The van der Waals surface area contributed by atoms with E-state index in [1.54, 1.807) is 6.08 Å². The fraction of sp³-hybridized carbons (Fsp3) is 0.636. The van der Waals surface area contributed by atoms with E-state index < -0.39 is 12.1 Å². The number of hydrogen-bond acceptors (Lipinski definition) is 3. The van der Waals surface area contributed by atoms with E-state index >= 15 is 0 Å². The zero-order chi connectivity index (χ0) is 18.7. The molecule has 0 saturated heterocycles. The first-order valence-corrected chi connectivity index (χ1v) is 9.79. The average Bonchev–Trinajstić information content (AvgIpc) is 2.91. The lowest BCUT2D eigenvalue weighted by Gasteiger charge is -2.51. The Morgan fingerprint density at radius 1 is 1.31 bits per heavy atom. The number of Topliss-reactive ketones (excluding diaryl/α,β-unsaturated/α-hetero) is 1. The van der Waals surface area contributed by atoms with E-state index in [1.807, 2.05) is 0 Å². The molecular weight excluding hydrogens is 328 g/mol. The Hall–Kier alpha value is -1.68. The molecule has 4 aliphatic carbocycles. The third kappa shape index (κ3) is 2.45. The third-order valence-electron chi connectivity index (χ3n) is 7.82. The number of ketones is 1. The maximum absolute atomic E-state index is 12.2. The molecule has 1 unspecified atom stereocenters. The van der Waals surface area contributed by atoms with Gasteiger partial charge in [0.2, 0.25) is 0 Å². The van der Waals surface area contributed by atoms with E-state index in [1.165, 1.54) is 5.57 Å². The van der Waals surface area contributed by atoms with Crippen LogP contribution in [0, 0.1) is 28.6 Å². The number of rotatable bonds is 3. The van der Waals surface area contributed by atoms with E-state index in [0.29, 0.717) is 24.2 Å². The van der Waals surface area contributed by atoms with E-state index in [4.69, 9.17) is 5.11 Å². The molecule has 0 amide bonds. The minimum Gasteiger partial charge on any atom is -0.481 e. The Morgan fingerprint density at radius 3 is 2.81 bits per heavy atom. The molecule has 4 rings (SSSR count). The fourth-order valence-electron chi connectivity index (χ4n) is 6.25. The predicted octanol–water partition coefficient (Wildman–Crippen LogP) is 3.67. The van der Waals surface area contributed by atoms with Gasteiger partial charge in [-0.1, -0.05) is 37.6 Å². The summed E-state index contributed by atoms with van der Waals surface area (Å²) < 4.78 is 0. The van der Waals surface area contributed by atoms with Crippen LogP contribution in [0.5, 0.6) is 0 Å². The number of allylic oxidation sites excluding steroid dienone is 5. The highest BCUT2D eigenvalue weighted by atomic mass is 16.4. The predicted molar refractivity (Wildman–Crippen MR) is 98.3 cm³/mol. The SMILES string of the molecule is C[C@]12CC(=O)C(O)C=C1C=C[C@@H]1C2=CC[C@]2(C)[C@@H](CCC(=O)O)CC[C@@H]12. The molecule has 2 N–H and O–H groups in total. The fourth-order valence-corrected chi connectivity index (χ4v) is 6.25. The summed E-state index contributed by atoms with van der Waals surface area (Å²) in [6, 6.07) is 0. The van der Waals surface area contributed by atoms with Crippen molar-refractivity contribution in [2.24, 2.45) is 28.6 Å². The van der Waals surface area contributed by atoms with Crippen LogP contribution in [0.2, 0.25) is 0 Å². The second kappa shape index (κ2) is 5.91. The molecule has 0 aliphatic heterocycles. The quantitative estimate of drug-likeness (QED) is 0.757. The summed E-state index contributed by atoms with van der Waals surface area (Å²) in [4.78, 5) is 23.2. The van der Waals surface area contributed by atoms with Gasteiger partial charge in [0.05, 0.1) is 0 Å². The summed E-state index contributed by atoms with van der Waals surface area (Å²) in [6.07, 6.45) is 12.0. The van der Waals surface area contributed by atoms with Gasteiger partial charge >= 0.3 is 5.97 Å².